The second kappa shape index (κ2) is 6.03. The maximum atomic E-state index is 13.2. The number of hydrogen-bond donors (Lipinski definition) is 2. The summed E-state index contributed by atoms with van der Waals surface area (Å²) in [7, 11) is 0. The van der Waals surface area contributed by atoms with Crippen LogP contribution in [0.2, 0.25) is 0 Å². The number of carboxylic acids is 2. The molecule has 0 amide bonds. The van der Waals surface area contributed by atoms with Crippen LogP contribution < -0.4 is 0 Å². The summed E-state index contributed by atoms with van der Waals surface area (Å²) >= 11 is 6.72. The van der Waals surface area contributed by atoms with Gasteiger partial charge in [-0.15, -0.1) is 0 Å². The molecule has 0 heterocycles. The van der Waals surface area contributed by atoms with Crippen molar-refractivity contribution in [2.24, 2.45) is 11.8 Å². The van der Waals surface area contributed by atoms with Gasteiger partial charge in [-0.1, -0.05) is 44.0 Å². The third kappa shape index (κ3) is 2.37. The fourth-order valence-electron chi connectivity index (χ4n) is 4.31. The number of rotatable bonds is 2. The van der Waals surface area contributed by atoms with Crippen molar-refractivity contribution in [3.63, 3.8) is 0 Å². The number of carboxylic acid groups (broad SMARTS) is 2. The van der Waals surface area contributed by atoms with Crippen molar-refractivity contribution in [2.45, 2.75) is 11.8 Å². The first-order valence-electron chi connectivity index (χ1n) is 7.90. The Morgan fingerprint density at radius 3 is 1.50 bits per heavy atom. The smallest absolute Gasteiger partial charge is 0.308 e. The van der Waals surface area contributed by atoms with E-state index in [-0.39, 0.29) is 5.78 Å². The van der Waals surface area contributed by atoms with E-state index in [1.54, 1.807) is 36.4 Å². The molecule has 132 valence electrons. The molecule has 0 radical (unpaired) electrons. The highest BCUT2D eigenvalue weighted by atomic mass is 79.9. The molecule has 4 rings (SSSR count). The first kappa shape index (κ1) is 17.4. The van der Waals surface area contributed by atoms with Crippen LogP contribution in [-0.2, 0) is 9.59 Å². The number of carbonyl (C=O) groups is 3. The van der Waals surface area contributed by atoms with E-state index in [1.165, 1.54) is 0 Å². The molecular weight excluding hydrogens is 468 g/mol. The van der Waals surface area contributed by atoms with Gasteiger partial charge in [-0.25, -0.2) is 0 Å². The predicted octanol–water partition coefficient (Wildman–Crippen LogP) is 4.04. The van der Waals surface area contributed by atoms with Crippen molar-refractivity contribution in [2.75, 3.05) is 0 Å². The van der Waals surface area contributed by atoms with Crippen LogP contribution in [0.15, 0.2) is 45.3 Å². The standard InChI is InChI=1S/C19H12Br2O5/c20-7-1-3-9-11(5-7)17(22)12-6-8(21)2-4-10(12)14-13(9)15(18(23)24)16(14)19(25)26/h1-6,13-16H,(H,23,24)(H,25,26)/t13-,14+,15-,16+. The highest BCUT2D eigenvalue weighted by molar-refractivity contribution is 9.10. The highest BCUT2D eigenvalue weighted by Crippen LogP contribution is 2.60. The summed E-state index contributed by atoms with van der Waals surface area (Å²) in [6.07, 6.45) is 0. The number of aliphatic carboxylic acids is 2. The molecular formula is C19H12Br2O5. The second-order valence-electron chi connectivity index (χ2n) is 6.57. The molecule has 2 aromatic rings. The van der Waals surface area contributed by atoms with E-state index in [1.807, 2.05) is 0 Å². The van der Waals surface area contributed by atoms with Crippen LogP contribution in [0.3, 0.4) is 0 Å². The largest absolute Gasteiger partial charge is 0.481 e. The summed E-state index contributed by atoms with van der Waals surface area (Å²) < 4.78 is 1.42. The molecule has 0 aromatic heterocycles. The lowest BCUT2D eigenvalue weighted by molar-refractivity contribution is -0.164. The Morgan fingerprint density at radius 1 is 0.769 bits per heavy atom. The zero-order chi connectivity index (χ0) is 18.7. The average molecular weight is 480 g/mol. The number of fused-ring (bicyclic) bond motifs is 5. The molecule has 2 N–H and O–H groups in total. The Morgan fingerprint density at radius 2 is 1.15 bits per heavy atom. The topological polar surface area (TPSA) is 91.7 Å². The van der Waals surface area contributed by atoms with E-state index in [9.17, 15) is 24.6 Å². The van der Waals surface area contributed by atoms with Gasteiger partial charge in [0, 0.05) is 31.9 Å². The van der Waals surface area contributed by atoms with E-state index >= 15 is 0 Å². The first-order valence-corrected chi connectivity index (χ1v) is 9.49. The van der Waals surface area contributed by atoms with Crippen LogP contribution in [0.25, 0.3) is 0 Å². The third-order valence-corrected chi connectivity index (χ3v) is 6.34. The second-order valence-corrected chi connectivity index (χ2v) is 8.40. The number of halogens is 2. The zero-order valence-corrected chi connectivity index (χ0v) is 16.3. The van der Waals surface area contributed by atoms with E-state index in [4.69, 9.17) is 0 Å². The normalized spacial score (nSPS) is 26.0. The van der Waals surface area contributed by atoms with Crippen molar-refractivity contribution in [1.29, 1.82) is 0 Å². The number of benzene rings is 2. The predicted molar refractivity (Wildman–Crippen MR) is 99.5 cm³/mol. The lowest BCUT2D eigenvalue weighted by atomic mass is 9.52. The van der Waals surface area contributed by atoms with E-state index in [0.717, 1.165) is 0 Å². The molecule has 5 nitrogen and oxygen atoms in total. The van der Waals surface area contributed by atoms with Crippen LogP contribution in [0, 0.1) is 11.8 Å². The van der Waals surface area contributed by atoms with E-state index in [0.29, 0.717) is 31.2 Å². The minimum atomic E-state index is -1.15. The molecule has 0 aliphatic heterocycles. The third-order valence-electron chi connectivity index (χ3n) is 5.36. The van der Waals surface area contributed by atoms with Crippen molar-refractivity contribution >= 4 is 49.6 Å². The molecule has 4 atom stereocenters. The van der Waals surface area contributed by atoms with Crippen molar-refractivity contribution in [3.8, 4) is 0 Å². The maximum Gasteiger partial charge on any atom is 0.308 e. The van der Waals surface area contributed by atoms with Gasteiger partial charge < -0.3 is 10.2 Å². The SMILES string of the molecule is O=C1c2cc(Br)ccc2[C@@H]2[C@H](C(=O)O)[C@H](C(=O)O)[C@@H]2c2ccc(Br)cc21. The Kier molecular flexibility index (Phi) is 4.04. The summed E-state index contributed by atoms with van der Waals surface area (Å²) in [5.41, 5.74) is 2.03. The minimum absolute atomic E-state index is 0.222. The molecule has 0 spiro atoms. The van der Waals surface area contributed by atoms with Crippen LogP contribution in [0.1, 0.15) is 38.9 Å². The van der Waals surface area contributed by atoms with Gasteiger partial charge in [-0.3, -0.25) is 14.4 Å². The van der Waals surface area contributed by atoms with Gasteiger partial charge in [0.25, 0.3) is 0 Å². The van der Waals surface area contributed by atoms with Crippen LogP contribution >= 0.6 is 31.9 Å². The van der Waals surface area contributed by atoms with Gasteiger partial charge in [0.2, 0.25) is 0 Å². The van der Waals surface area contributed by atoms with Gasteiger partial charge in [0.1, 0.15) is 0 Å². The molecule has 2 aliphatic rings. The number of carbonyl (C=O) groups excluding carboxylic acids is 1. The molecule has 26 heavy (non-hydrogen) atoms. The summed E-state index contributed by atoms with van der Waals surface area (Å²) in [6.45, 7) is 0. The monoisotopic (exact) mass is 478 g/mol. The Balaban J connectivity index is 2.03. The molecule has 7 heteroatoms. The quantitative estimate of drug-likeness (QED) is 0.678. The van der Waals surface area contributed by atoms with E-state index in [2.05, 4.69) is 31.9 Å². The van der Waals surface area contributed by atoms with Crippen LogP contribution in [-0.4, -0.2) is 27.9 Å². The molecule has 1 saturated carbocycles. The summed E-state index contributed by atoms with van der Waals surface area (Å²) in [4.78, 5) is 36.8. The summed E-state index contributed by atoms with van der Waals surface area (Å²) in [5, 5.41) is 19.3. The number of hydrogen-bond acceptors (Lipinski definition) is 3. The zero-order valence-electron chi connectivity index (χ0n) is 13.1. The van der Waals surface area contributed by atoms with Crippen LogP contribution in [0.5, 0.6) is 0 Å². The highest BCUT2D eigenvalue weighted by Gasteiger charge is 2.60. The van der Waals surface area contributed by atoms with Crippen molar-refractivity contribution < 1.29 is 24.6 Å². The van der Waals surface area contributed by atoms with Gasteiger partial charge in [0.15, 0.2) is 5.78 Å². The van der Waals surface area contributed by atoms with E-state index < -0.39 is 35.6 Å². The average Bonchev–Trinajstić information content (AvgIpc) is 2.61. The number of ketones is 1. The fourth-order valence-corrected chi connectivity index (χ4v) is 5.04. The van der Waals surface area contributed by atoms with Crippen LogP contribution in [0.4, 0.5) is 0 Å². The lowest BCUT2D eigenvalue weighted by Crippen LogP contribution is -2.51. The van der Waals surface area contributed by atoms with Crippen molar-refractivity contribution in [1.82, 2.24) is 0 Å². The van der Waals surface area contributed by atoms with Crippen molar-refractivity contribution in [3.05, 3.63) is 67.6 Å². The molecule has 2 aromatic carbocycles. The van der Waals surface area contributed by atoms with Gasteiger partial charge in [0.05, 0.1) is 11.8 Å². The van der Waals surface area contributed by atoms with Gasteiger partial charge in [-0.05, 0) is 35.4 Å². The molecule has 1 fully saturated rings. The lowest BCUT2D eigenvalue weighted by Gasteiger charge is -2.48. The van der Waals surface area contributed by atoms with Gasteiger partial charge >= 0.3 is 11.9 Å². The molecule has 0 unspecified atom stereocenters. The fraction of sp³-hybridized carbons (Fsp3) is 0.211. The Bertz CT molecular complexity index is 906. The maximum absolute atomic E-state index is 13.2. The minimum Gasteiger partial charge on any atom is -0.481 e. The molecule has 0 saturated heterocycles. The summed E-state index contributed by atoms with van der Waals surface area (Å²) in [5.74, 6) is -5.77. The molecule has 2 aliphatic carbocycles. The Labute approximate surface area is 165 Å². The summed E-state index contributed by atoms with van der Waals surface area (Å²) in [6, 6.07) is 10.3. The Hall–Kier alpha value is -1.99. The first-order chi connectivity index (χ1) is 12.3. The van der Waals surface area contributed by atoms with Gasteiger partial charge in [-0.2, -0.15) is 0 Å². The molecule has 0 bridgehead atoms.